The van der Waals surface area contributed by atoms with Crippen molar-refractivity contribution in [3.8, 4) is 0 Å². The van der Waals surface area contributed by atoms with Gasteiger partial charge in [-0.25, -0.2) is 13.1 Å². The van der Waals surface area contributed by atoms with Crippen molar-refractivity contribution in [1.29, 1.82) is 0 Å². The van der Waals surface area contributed by atoms with E-state index in [2.05, 4.69) is 10.0 Å². The molecule has 8 heteroatoms. The van der Waals surface area contributed by atoms with Gasteiger partial charge in [0.15, 0.2) is 0 Å². The average Bonchev–Trinajstić information content (AvgIpc) is 3.28. The minimum atomic E-state index is -3.66. The van der Waals surface area contributed by atoms with Gasteiger partial charge in [-0.05, 0) is 61.6 Å². The monoisotopic (exact) mass is 443 g/mol. The van der Waals surface area contributed by atoms with E-state index in [-0.39, 0.29) is 29.7 Å². The molecule has 0 atom stereocenters. The van der Waals surface area contributed by atoms with Crippen LogP contribution in [0.15, 0.2) is 47.4 Å². The summed E-state index contributed by atoms with van der Waals surface area (Å²) in [5.74, 6) is -0.204. The maximum atomic E-state index is 12.5. The zero-order chi connectivity index (χ0) is 22.4. The van der Waals surface area contributed by atoms with Gasteiger partial charge < -0.3 is 10.2 Å². The van der Waals surface area contributed by atoms with Crippen LogP contribution in [0, 0.1) is 13.8 Å². The normalized spacial score (nSPS) is 13.9. The first-order valence-corrected chi connectivity index (χ1v) is 12.0. The molecule has 1 heterocycles. The summed E-state index contributed by atoms with van der Waals surface area (Å²) in [6, 6.07) is 12.5. The van der Waals surface area contributed by atoms with E-state index in [0.29, 0.717) is 17.7 Å². The summed E-state index contributed by atoms with van der Waals surface area (Å²) in [7, 11) is -3.66. The molecule has 1 aliphatic rings. The highest BCUT2D eigenvalue weighted by Crippen LogP contribution is 2.16. The second-order valence-corrected chi connectivity index (χ2v) is 9.63. The number of aryl methyl sites for hydroxylation is 2. The molecule has 0 spiro atoms. The topological polar surface area (TPSA) is 95.6 Å². The lowest BCUT2D eigenvalue weighted by Crippen LogP contribution is -2.31. The summed E-state index contributed by atoms with van der Waals surface area (Å²) < 4.78 is 27.4. The Morgan fingerprint density at radius 2 is 1.68 bits per heavy atom. The fourth-order valence-corrected chi connectivity index (χ4v) is 4.89. The molecule has 3 rings (SSSR count). The zero-order valence-corrected chi connectivity index (χ0v) is 18.8. The van der Waals surface area contributed by atoms with E-state index in [4.69, 9.17) is 0 Å². The van der Waals surface area contributed by atoms with Gasteiger partial charge in [0, 0.05) is 38.2 Å². The molecule has 7 nitrogen and oxygen atoms in total. The van der Waals surface area contributed by atoms with E-state index < -0.39 is 10.0 Å². The van der Waals surface area contributed by atoms with Crippen molar-refractivity contribution in [2.75, 3.05) is 19.6 Å². The van der Waals surface area contributed by atoms with Crippen LogP contribution in [-0.2, 0) is 21.4 Å². The fourth-order valence-electron chi connectivity index (χ4n) is 3.53. The third kappa shape index (κ3) is 6.15. The number of benzene rings is 2. The van der Waals surface area contributed by atoms with Gasteiger partial charge in [-0.1, -0.05) is 24.3 Å². The molecule has 1 fully saturated rings. The van der Waals surface area contributed by atoms with Gasteiger partial charge >= 0.3 is 0 Å². The van der Waals surface area contributed by atoms with Crippen LogP contribution in [0.25, 0.3) is 0 Å². The molecule has 0 radical (unpaired) electrons. The average molecular weight is 444 g/mol. The molecule has 0 aromatic heterocycles. The second-order valence-electron chi connectivity index (χ2n) is 7.89. The summed E-state index contributed by atoms with van der Waals surface area (Å²) in [6.45, 7) is 5.53. The van der Waals surface area contributed by atoms with Crippen molar-refractivity contribution >= 4 is 21.8 Å². The van der Waals surface area contributed by atoms with Crippen LogP contribution in [-0.4, -0.2) is 44.8 Å². The highest BCUT2D eigenvalue weighted by Gasteiger charge is 2.19. The van der Waals surface area contributed by atoms with E-state index in [9.17, 15) is 18.0 Å². The van der Waals surface area contributed by atoms with Crippen molar-refractivity contribution < 1.29 is 18.0 Å². The fraction of sp³-hybridized carbons (Fsp3) is 0.391. The molecule has 166 valence electrons. The van der Waals surface area contributed by atoms with Crippen LogP contribution < -0.4 is 10.0 Å². The molecule has 2 N–H and O–H groups in total. The first kappa shape index (κ1) is 23.0. The number of carbonyl (C=O) groups excluding carboxylic acids is 2. The van der Waals surface area contributed by atoms with E-state index in [1.54, 1.807) is 31.2 Å². The Hall–Kier alpha value is -2.71. The van der Waals surface area contributed by atoms with Gasteiger partial charge in [-0.2, -0.15) is 0 Å². The highest BCUT2D eigenvalue weighted by molar-refractivity contribution is 7.89. The molecular formula is C23H29N3O4S. The molecule has 1 aliphatic heterocycles. The van der Waals surface area contributed by atoms with Crippen LogP contribution >= 0.6 is 0 Å². The largest absolute Gasteiger partial charge is 0.352 e. The Morgan fingerprint density at radius 3 is 2.35 bits per heavy atom. The summed E-state index contributed by atoms with van der Waals surface area (Å²) in [5.41, 5.74) is 3.05. The molecule has 2 aromatic rings. The number of hydrogen-bond acceptors (Lipinski definition) is 4. The third-order valence-electron chi connectivity index (χ3n) is 5.36. The SMILES string of the molecule is Cc1ccc(C)c(S(=O)(=O)NCCC(=O)NCc2ccc(C(=O)N3CCCC3)cc2)c1. The molecule has 0 unspecified atom stereocenters. The Morgan fingerprint density at radius 1 is 1.00 bits per heavy atom. The predicted molar refractivity (Wildman–Crippen MR) is 119 cm³/mol. The summed E-state index contributed by atoms with van der Waals surface area (Å²) >= 11 is 0. The lowest BCUT2D eigenvalue weighted by molar-refractivity contribution is -0.121. The van der Waals surface area contributed by atoms with Gasteiger partial charge in [-0.3, -0.25) is 9.59 Å². The van der Waals surface area contributed by atoms with Gasteiger partial charge in [0.1, 0.15) is 0 Å². The Bertz CT molecular complexity index is 1040. The van der Waals surface area contributed by atoms with Crippen molar-refractivity contribution in [1.82, 2.24) is 14.9 Å². The number of likely N-dealkylation sites (tertiary alicyclic amines) is 1. The molecule has 0 saturated carbocycles. The van der Waals surface area contributed by atoms with Crippen molar-refractivity contribution in [3.63, 3.8) is 0 Å². The number of rotatable bonds is 8. The lowest BCUT2D eigenvalue weighted by atomic mass is 10.1. The smallest absolute Gasteiger partial charge is 0.253 e. The van der Waals surface area contributed by atoms with Crippen molar-refractivity contribution in [3.05, 3.63) is 64.7 Å². The lowest BCUT2D eigenvalue weighted by Gasteiger charge is -2.15. The van der Waals surface area contributed by atoms with Gasteiger partial charge in [-0.15, -0.1) is 0 Å². The van der Waals surface area contributed by atoms with Crippen LogP contribution in [0.5, 0.6) is 0 Å². The first-order valence-electron chi connectivity index (χ1n) is 10.5. The van der Waals surface area contributed by atoms with E-state index in [0.717, 1.165) is 37.1 Å². The molecular weight excluding hydrogens is 414 g/mol. The molecule has 2 aromatic carbocycles. The number of amides is 2. The predicted octanol–water partition coefficient (Wildman–Crippen LogP) is 2.52. The Labute approximate surface area is 183 Å². The molecule has 2 amide bonds. The second kappa shape index (κ2) is 10.1. The third-order valence-corrected chi connectivity index (χ3v) is 6.96. The van der Waals surface area contributed by atoms with E-state index in [1.165, 1.54) is 0 Å². The van der Waals surface area contributed by atoms with E-state index >= 15 is 0 Å². The summed E-state index contributed by atoms with van der Waals surface area (Å²) in [5, 5.41) is 2.78. The van der Waals surface area contributed by atoms with Crippen LogP contribution in [0.4, 0.5) is 0 Å². The number of carbonyl (C=O) groups is 2. The van der Waals surface area contributed by atoms with Gasteiger partial charge in [0.2, 0.25) is 15.9 Å². The number of nitrogens with one attached hydrogen (secondary N) is 2. The minimum absolute atomic E-state index is 0.0187. The molecule has 0 bridgehead atoms. The van der Waals surface area contributed by atoms with E-state index in [1.807, 2.05) is 30.0 Å². The Kier molecular flexibility index (Phi) is 7.46. The van der Waals surface area contributed by atoms with Gasteiger partial charge in [0.25, 0.3) is 5.91 Å². The van der Waals surface area contributed by atoms with Crippen molar-refractivity contribution in [2.24, 2.45) is 0 Å². The Balaban J connectivity index is 1.45. The van der Waals surface area contributed by atoms with Gasteiger partial charge in [0.05, 0.1) is 4.90 Å². The zero-order valence-electron chi connectivity index (χ0n) is 18.0. The molecule has 31 heavy (non-hydrogen) atoms. The first-order chi connectivity index (χ1) is 14.8. The number of hydrogen-bond donors (Lipinski definition) is 2. The van der Waals surface area contributed by atoms with Crippen LogP contribution in [0.1, 0.15) is 46.3 Å². The maximum Gasteiger partial charge on any atom is 0.253 e. The highest BCUT2D eigenvalue weighted by atomic mass is 32.2. The maximum absolute atomic E-state index is 12.5. The molecule has 1 saturated heterocycles. The number of nitrogens with zero attached hydrogens (tertiary/aromatic N) is 1. The van der Waals surface area contributed by atoms with Crippen molar-refractivity contribution in [2.45, 2.75) is 44.6 Å². The van der Waals surface area contributed by atoms with Crippen LogP contribution in [0.2, 0.25) is 0 Å². The van der Waals surface area contributed by atoms with Crippen LogP contribution in [0.3, 0.4) is 0 Å². The number of sulfonamides is 1. The molecule has 0 aliphatic carbocycles. The minimum Gasteiger partial charge on any atom is -0.352 e. The summed E-state index contributed by atoms with van der Waals surface area (Å²) in [4.78, 5) is 26.6. The standard InChI is InChI=1S/C23H29N3O4S/c1-17-5-6-18(2)21(15-17)31(29,30)25-12-11-22(27)24-16-19-7-9-20(10-8-19)23(28)26-13-3-4-14-26/h5-10,15,25H,3-4,11-14,16H2,1-2H3,(H,24,27). The quantitative estimate of drug-likeness (QED) is 0.655. The summed E-state index contributed by atoms with van der Waals surface area (Å²) in [6.07, 6.45) is 2.14.